The van der Waals surface area contributed by atoms with Gasteiger partial charge in [0.15, 0.2) is 0 Å². The molecule has 0 saturated carbocycles. The van der Waals surface area contributed by atoms with Crippen molar-refractivity contribution in [2.24, 2.45) is 5.92 Å². The predicted octanol–water partition coefficient (Wildman–Crippen LogP) is 1.46. The van der Waals surface area contributed by atoms with Gasteiger partial charge in [-0.1, -0.05) is 13.3 Å². The third kappa shape index (κ3) is 2.96. The molecule has 1 aliphatic rings. The van der Waals surface area contributed by atoms with Crippen molar-refractivity contribution in [2.75, 3.05) is 18.8 Å². The molecule has 92 valence electrons. The van der Waals surface area contributed by atoms with E-state index in [1.807, 2.05) is 11.0 Å². The maximum atomic E-state index is 12.0. The molecule has 2 rings (SSSR count). The summed E-state index contributed by atoms with van der Waals surface area (Å²) in [7, 11) is 0. The number of likely N-dealkylation sites (tertiary alicyclic amines) is 1. The number of amides is 1. The lowest BCUT2D eigenvalue weighted by Gasteiger charge is -2.15. The molecule has 1 aromatic heterocycles. The number of carbonyl (C=O) groups excluding carboxylic acids is 1. The van der Waals surface area contributed by atoms with E-state index in [1.165, 1.54) is 0 Å². The Morgan fingerprint density at radius 3 is 3.00 bits per heavy atom. The van der Waals surface area contributed by atoms with Gasteiger partial charge in [-0.15, -0.1) is 0 Å². The third-order valence-corrected chi connectivity index (χ3v) is 3.40. The van der Waals surface area contributed by atoms with Crippen LogP contribution >= 0.6 is 0 Å². The molecular weight excluding hydrogens is 214 g/mol. The Morgan fingerprint density at radius 2 is 2.41 bits per heavy atom. The monoisotopic (exact) mass is 233 g/mol. The van der Waals surface area contributed by atoms with Crippen molar-refractivity contribution in [3.8, 4) is 0 Å². The summed E-state index contributed by atoms with van der Waals surface area (Å²) >= 11 is 0. The minimum atomic E-state index is 0.179. The van der Waals surface area contributed by atoms with Gasteiger partial charge in [-0.05, 0) is 24.5 Å². The largest absolute Gasteiger partial charge is 0.397 e. The highest BCUT2D eigenvalue weighted by atomic mass is 16.2. The lowest BCUT2D eigenvalue weighted by Crippen LogP contribution is -2.30. The fraction of sp³-hybridized carbons (Fsp3) is 0.538. The molecule has 2 N–H and O–H groups in total. The van der Waals surface area contributed by atoms with Crippen molar-refractivity contribution in [1.29, 1.82) is 0 Å². The molecule has 4 heteroatoms. The van der Waals surface area contributed by atoms with Crippen LogP contribution in [-0.4, -0.2) is 28.9 Å². The molecule has 1 saturated heterocycles. The van der Waals surface area contributed by atoms with Gasteiger partial charge >= 0.3 is 0 Å². The van der Waals surface area contributed by atoms with Crippen molar-refractivity contribution in [2.45, 2.75) is 26.2 Å². The van der Waals surface area contributed by atoms with E-state index < -0.39 is 0 Å². The second kappa shape index (κ2) is 5.17. The lowest BCUT2D eigenvalue weighted by atomic mass is 10.1. The number of carbonyl (C=O) groups is 1. The topological polar surface area (TPSA) is 59.2 Å². The van der Waals surface area contributed by atoms with E-state index in [0.717, 1.165) is 31.6 Å². The predicted molar refractivity (Wildman–Crippen MR) is 67.3 cm³/mol. The first-order valence-corrected chi connectivity index (χ1v) is 6.17. The molecule has 0 aliphatic carbocycles. The first-order chi connectivity index (χ1) is 8.19. The zero-order valence-electron chi connectivity index (χ0n) is 10.2. The molecule has 2 heterocycles. The van der Waals surface area contributed by atoms with Crippen LogP contribution in [0.25, 0.3) is 0 Å². The van der Waals surface area contributed by atoms with Crippen molar-refractivity contribution < 1.29 is 4.79 Å². The quantitative estimate of drug-likeness (QED) is 0.860. The van der Waals surface area contributed by atoms with Crippen molar-refractivity contribution in [3.63, 3.8) is 0 Å². The van der Waals surface area contributed by atoms with E-state index >= 15 is 0 Å². The number of aromatic nitrogens is 1. The summed E-state index contributed by atoms with van der Waals surface area (Å²) in [5.41, 5.74) is 6.99. The average molecular weight is 233 g/mol. The Hall–Kier alpha value is -1.58. The molecule has 4 nitrogen and oxygen atoms in total. The highest BCUT2D eigenvalue weighted by molar-refractivity contribution is 5.78. The van der Waals surface area contributed by atoms with Crippen LogP contribution in [0, 0.1) is 5.92 Å². The maximum absolute atomic E-state index is 12.0. The number of rotatable bonds is 3. The molecule has 0 spiro atoms. The van der Waals surface area contributed by atoms with Crippen molar-refractivity contribution >= 4 is 11.6 Å². The summed E-state index contributed by atoms with van der Waals surface area (Å²) in [5.74, 6) is 0.858. The first kappa shape index (κ1) is 11.9. The van der Waals surface area contributed by atoms with Gasteiger partial charge in [0, 0.05) is 18.8 Å². The van der Waals surface area contributed by atoms with Crippen LogP contribution in [0.4, 0.5) is 5.69 Å². The van der Waals surface area contributed by atoms with E-state index in [9.17, 15) is 4.79 Å². The number of hydrogen-bond donors (Lipinski definition) is 1. The molecule has 1 atom stereocenters. The number of nitrogen functional groups attached to an aromatic ring is 1. The molecule has 0 aromatic carbocycles. The number of anilines is 1. The van der Waals surface area contributed by atoms with Crippen LogP contribution in [-0.2, 0) is 11.2 Å². The zero-order valence-corrected chi connectivity index (χ0v) is 10.2. The summed E-state index contributed by atoms with van der Waals surface area (Å²) < 4.78 is 0. The number of pyridine rings is 1. The minimum absolute atomic E-state index is 0.179. The van der Waals surface area contributed by atoms with E-state index in [2.05, 4.69) is 11.9 Å². The molecule has 0 radical (unpaired) electrons. The van der Waals surface area contributed by atoms with Gasteiger partial charge in [0.2, 0.25) is 5.91 Å². The second-order valence-corrected chi connectivity index (χ2v) is 4.66. The second-order valence-electron chi connectivity index (χ2n) is 4.66. The fourth-order valence-electron chi connectivity index (χ4n) is 2.20. The first-order valence-electron chi connectivity index (χ1n) is 6.17. The molecule has 1 fully saturated rings. The van der Waals surface area contributed by atoms with Gasteiger partial charge in [-0.3, -0.25) is 9.78 Å². The minimum Gasteiger partial charge on any atom is -0.397 e. The smallest absolute Gasteiger partial charge is 0.228 e. The summed E-state index contributed by atoms with van der Waals surface area (Å²) in [6.07, 6.45) is 4.28. The standard InChI is InChI=1S/C13H19N3O/c1-2-10-5-6-16(9-10)13(17)7-12-4-3-11(14)8-15-12/h3-4,8,10H,2,5-7,9,14H2,1H3. The highest BCUT2D eigenvalue weighted by Gasteiger charge is 2.24. The number of nitrogens with two attached hydrogens (primary N) is 1. The van der Waals surface area contributed by atoms with E-state index in [4.69, 9.17) is 5.73 Å². The Bertz CT molecular complexity index is 388. The van der Waals surface area contributed by atoms with E-state index in [-0.39, 0.29) is 5.91 Å². The Balaban J connectivity index is 1.91. The molecule has 0 bridgehead atoms. The van der Waals surface area contributed by atoms with Gasteiger partial charge in [0.25, 0.3) is 0 Å². The highest BCUT2D eigenvalue weighted by Crippen LogP contribution is 2.19. The average Bonchev–Trinajstić information content (AvgIpc) is 2.81. The van der Waals surface area contributed by atoms with Crippen LogP contribution < -0.4 is 5.73 Å². The van der Waals surface area contributed by atoms with Crippen LogP contribution in [0.3, 0.4) is 0 Å². The number of nitrogens with zero attached hydrogens (tertiary/aromatic N) is 2. The molecule has 1 aliphatic heterocycles. The van der Waals surface area contributed by atoms with E-state index in [1.54, 1.807) is 12.3 Å². The third-order valence-electron chi connectivity index (χ3n) is 3.40. The van der Waals surface area contributed by atoms with Gasteiger partial charge < -0.3 is 10.6 Å². The lowest BCUT2D eigenvalue weighted by molar-refractivity contribution is -0.129. The van der Waals surface area contributed by atoms with Crippen LogP contribution in [0.15, 0.2) is 18.3 Å². The summed E-state index contributed by atoms with van der Waals surface area (Å²) in [4.78, 5) is 18.1. The molecule has 17 heavy (non-hydrogen) atoms. The van der Waals surface area contributed by atoms with Crippen molar-refractivity contribution in [3.05, 3.63) is 24.0 Å². The SMILES string of the molecule is CCC1CCN(C(=O)Cc2ccc(N)cn2)C1. The fourth-order valence-corrected chi connectivity index (χ4v) is 2.20. The van der Waals surface area contributed by atoms with Crippen LogP contribution in [0.1, 0.15) is 25.5 Å². The summed E-state index contributed by atoms with van der Waals surface area (Å²) in [6.45, 7) is 3.98. The van der Waals surface area contributed by atoms with Gasteiger partial charge in [-0.25, -0.2) is 0 Å². The van der Waals surface area contributed by atoms with Gasteiger partial charge in [0.05, 0.1) is 18.3 Å². The maximum Gasteiger partial charge on any atom is 0.228 e. The van der Waals surface area contributed by atoms with Crippen LogP contribution in [0.5, 0.6) is 0 Å². The normalized spacial score (nSPS) is 19.6. The number of hydrogen-bond acceptors (Lipinski definition) is 3. The molecule has 1 amide bonds. The zero-order chi connectivity index (χ0) is 12.3. The Labute approximate surface area is 102 Å². The Morgan fingerprint density at radius 1 is 1.59 bits per heavy atom. The van der Waals surface area contributed by atoms with E-state index in [0.29, 0.717) is 18.0 Å². The Kier molecular flexibility index (Phi) is 3.61. The summed E-state index contributed by atoms with van der Waals surface area (Å²) in [5, 5.41) is 0. The molecular formula is C13H19N3O. The van der Waals surface area contributed by atoms with Gasteiger partial charge in [0.1, 0.15) is 0 Å². The molecule has 1 unspecified atom stereocenters. The van der Waals surface area contributed by atoms with Crippen molar-refractivity contribution in [1.82, 2.24) is 9.88 Å². The van der Waals surface area contributed by atoms with Crippen LogP contribution in [0.2, 0.25) is 0 Å². The summed E-state index contributed by atoms with van der Waals surface area (Å²) in [6, 6.07) is 3.61. The molecule has 1 aromatic rings. The van der Waals surface area contributed by atoms with Gasteiger partial charge in [-0.2, -0.15) is 0 Å².